The van der Waals surface area contributed by atoms with E-state index in [1.165, 1.54) is 12.1 Å². The Hall–Kier alpha value is -2.57. The molecule has 6 nitrogen and oxygen atoms in total. The number of hydrogen-bond donors (Lipinski definition) is 2. The Kier molecular flexibility index (Phi) is 6.32. The minimum absolute atomic E-state index is 0.0207. The molecule has 0 bridgehead atoms. The number of phenolic OH excluding ortho intramolecular Hbond substituents is 1. The summed E-state index contributed by atoms with van der Waals surface area (Å²) in [4.78, 5) is 14.5. The number of benzene rings is 2. The van der Waals surface area contributed by atoms with Crippen molar-refractivity contribution in [1.82, 2.24) is 4.90 Å². The van der Waals surface area contributed by atoms with Crippen molar-refractivity contribution in [3.8, 4) is 11.5 Å². The molecule has 3 rings (SSSR count). The molecule has 1 heterocycles. The van der Waals surface area contributed by atoms with Crippen LogP contribution in [0.2, 0.25) is 0 Å². The molecule has 6 heteroatoms. The van der Waals surface area contributed by atoms with Crippen molar-refractivity contribution in [2.45, 2.75) is 18.4 Å². The second-order valence-corrected chi connectivity index (χ2v) is 6.68. The first kappa shape index (κ1) is 19.2. The van der Waals surface area contributed by atoms with Gasteiger partial charge in [-0.05, 0) is 24.1 Å². The summed E-state index contributed by atoms with van der Waals surface area (Å²) in [5.74, 6) is 0.170. The third-order valence-electron chi connectivity index (χ3n) is 4.79. The number of methoxy groups -OCH3 is 1. The Morgan fingerprint density at radius 1 is 1.19 bits per heavy atom. The van der Waals surface area contributed by atoms with Crippen LogP contribution in [0.5, 0.6) is 11.5 Å². The van der Waals surface area contributed by atoms with Gasteiger partial charge in [0.15, 0.2) is 0 Å². The molecule has 0 radical (unpaired) electrons. The van der Waals surface area contributed by atoms with Crippen LogP contribution in [-0.2, 0) is 4.74 Å². The number of likely N-dealkylation sites (tertiary alicyclic amines) is 1. The smallest absolute Gasteiger partial charge is 0.254 e. The van der Waals surface area contributed by atoms with Crippen molar-refractivity contribution < 1.29 is 24.5 Å². The number of amides is 1. The molecule has 0 saturated carbocycles. The number of carbonyl (C=O) groups is 1. The van der Waals surface area contributed by atoms with Crippen LogP contribution in [-0.4, -0.2) is 60.5 Å². The summed E-state index contributed by atoms with van der Waals surface area (Å²) in [6, 6.07) is 14.4. The van der Waals surface area contributed by atoms with Crippen LogP contribution >= 0.6 is 0 Å². The van der Waals surface area contributed by atoms with Gasteiger partial charge in [-0.3, -0.25) is 4.79 Å². The third kappa shape index (κ3) is 4.78. The summed E-state index contributed by atoms with van der Waals surface area (Å²) in [7, 11) is 1.57. The SMILES string of the molecule is COCCOc1cc(O)cc(C(=O)N2CC[C@H](c3ccccc3)[C@H](O)C2)c1. The number of carbonyl (C=O) groups excluding carboxylic acids is 1. The third-order valence-corrected chi connectivity index (χ3v) is 4.79. The zero-order valence-corrected chi connectivity index (χ0v) is 15.4. The maximum Gasteiger partial charge on any atom is 0.254 e. The highest BCUT2D eigenvalue weighted by molar-refractivity contribution is 5.95. The average molecular weight is 371 g/mol. The lowest BCUT2D eigenvalue weighted by Gasteiger charge is -2.36. The molecule has 2 N–H and O–H groups in total. The number of aliphatic hydroxyl groups is 1. The van der Waals surface area contributed by atoms with Gasteiger partial charge in [0.1, 0.15) is 18.1 Å². The van der Waals surface area contributed by atoms with E-state index in [2.05, 4.69) is 0 Å². The lowest BCUT2D eigenvalue weighted by Crippen LogP contribution is -2.45. The largest absolute Gasteiger partial charge is 0.508 e. The summed E-state index contributed by atoms with van der Waals surface area (Å²) < 4.78 is 10.4. The summed E-state index contributed by atoms with van der Waals surface area (Å²) in [6.07, 6.45) is 0.0623. The van der Waals surface area contributed by atoms with Crippen molar-refractivity contribution in [2.75, 3.05) is 33.4 Å². The van der Waals surface area contributed by atoms with E-state index in [1.54, 1.807) is 18.1 Å². The maximum atomic E-state index is 12.8. The molecule has 1 amide bonds. The lowest BCUT2D eigenvalue weighted by atomic mass is 9.87. The molecular weight excluding hydrogens is 346 g/mol. The molecule has 1 aliphatic rings. The second-order valence-electron chi connectivity index (χ2n) is 6.68. The van der Waals surface area contributed by atoms with E-state index in [0.29, 0.717) is 37.5 Å². The Bertz CT molecular complexity index is 764. The summed E-state index contributed by atoms with van der Waals surface area (Å²) in [6.45, 7) is 1.55. The molecule has 144 valence electrons. The molecule has 0 aromatic heterocycles. The van der Waals surface area contributed by atoms with Gasteiger partial charge in [0, 0.05) is 37.7 Å². The van der Waals surface area contributed by atoms with Crippen LogP contribution < -0.4 is 4.74 Å². The monoisotopic (exact) mass is 371 g/mol. The second kappa shape index (κ2) is 8.88. The predicted octanol–water partition coefficient (Wildman–Crippen LogP) is 2.41. The summed E-state index contributed by atoms with van der Waals surface area (Å²) >= 11 is 0. The molecule has 2 aromatic rings. The van der Waals surface area contributed by atoms with Gasteiger partial charge in [0.05, 0.1) is 12.7 Å². The van der Waals surface area contributed by atoms with E-state index in [1.807, 2.05) is 30.3 Å². The molecular formula is C21H25NO5. The fourth-order valence-electron chi connectivity index (χ4n) is 3.42. The van der Waals surface area contributed by atoms with Crippen LogP contribution in [0.1, 0.15) is 28.3 Å². The Labute approximate surface area is 159 Å². The quantitative estimate of drug-likeness (QED) is 0.763. The molecule has 0 spiro atoms. The van der Waals surface area contributed by atoms with Crippen molar-refractivity contribution in [1.29, 1.82) is 0 Å². The predicted molar refractivity (Wildman–Crippen MR) is 101 cm³/mol. The van der Waals surface area contributed by atoms with Crippen molar-refractivity contribution in [3.05, 3.63) is 59.7 Å². The topological polar surface area (TPSA) is 79.2 Å². The number of rotatable bonds is 6. The maximum absolute atomic E-state index is 12.8. The van der Waals surface area contributed by atoms with Gasteiger partial charge >= 0.3 is 0 Å². The minimum atomic E-state index is -0.625. The lowest BCUT2D eigenvalue weighted by molar-refractivity contribution is 0.0381. The first-order chi connectivity index (χ1) is 13.1. The molecule has 0 unspecified atom stereocenters. The minimum Gasteiger partial charge on any atom is -0.508 e. The van der Waals surface area contributed by atoms with E-state index >= 15 is 0 Å². The Balaban J connectivity index is 1.68. The molecule has 27 heavy (non-hydrogen) atoms. The van der Waals surface area contributed by atoms with Gasteiger partial charge in [0.2, 0.25) is 0 Å². The average Bonchev–Trinajstić information content (AvgIpc) is 2.68. The molecule has 1 fully saturated rings. The number of β-amino-alcohol motifs (C(OH)–C–C–N with tert-alkyl or cyclic N) is 1. The van der Waals surface area contributed by atoms with Gasteiger partial charge in [-0.15, -0.1) is 0 Å². The van der Waals surface area contributed by atoms with Gasteiger partial charge in [-0.2, -0.15) is 0 Å². The number of aromatic hydroxyl groups is 1. The van der Waals surface area contributed by atoms with Crippen LogP contribution in [0.15, 0.2) is 48.5 Å². The van der Waals surface area contributed by atoms with Gasteiger partial charge < -0.3 is 24.6 Å². The van der Waals surface area contributed by atoms with E-state index in [4.69, 9.17) is 9.47 Å². The van der Waals surface area contributed by atoms with Gasteiger partial charge in [0.25, 0.3) is 5.91 Å². The molecule has 1 aliphatic heterocycles. The summed E-state index contributed by atoms with van der Waals surface area (Å²) in [5, 5.41) is 20.5. The first-order valence-corrected chi connectivity index (χ1v) is 9.06. The molecule has 2 aromatic carbocycles. The highest BCUT2D eigenvalue weighted by atomic mass is 16.5. The van der Waals surface area contributed by atoms with Crippen molar-refractivity contribution in [2.24, 2.45) is 0 Å². The van der Waals surface area contributed by atoms with E-state index in [-0.39, 0.29) is 24.1 Å². The summed E-state index contributed by atoms with van der Waals surface area (Å²) in [5.41, 5.74) is 1.43. The number of hydrogen-bond acceptors (Lipinski definition) is 5. The fourth-order valence-corrected chi connectivity index (χ4v) is 3.42. The van der Waals surface area contributed by atoms with Gasteiger partial charge in [-0.1, -0.05) is 30.3 Å². The Morgan fingerprint density at radius 2 is 1.96 bits per heavy atom. The zero-order valence-electron chi connectivity index (χ0n) is 15.4. The van der Waals surface area contributed by atoms with E-state index < -0.39 is 6.10 Å². The first-order valence-electron chi connectivity index (χ1n) is 9.06. The fraction of sp³-hybridized carbons (Fsp3) is 0.381. The van der Waals surface area contributed by atoms with Crippen molar-refractivity contribution >= 4 is 5.91 Å². The van der Waals surface area contributed by atoms with Crippen LogP contribution in [0.25, 0.3) is 0 Å². The highest BCUT2D eigenvalue weighted by Crippen LogP contribution is 2.30. The molecule has 2 atom stereocenters. The number of piperidine rings is 1. The van der Waals surface area contributed by atoms with Crippen LogP contribution in [0, 0.1) is 0 Å². The van der Waals surface area contributed by atoms with E-state index in [0.717, 1.165) is 5.56 Å². The zero-order chi connectivity index (χ0) is 19.2. The highest BCUT2D eigenvalue weighted by Gasteiger charge is 2.31. The van der Waals surface area contributed by atoms with Gasteiger partial charge in [-0.25, -0.2) is 0 Å². The standard InChI is InChI=1S/C21H25NO5/c1-26-9-10-27-18-12-16(11-17(23)13-18)21(25)22-8-7-19(20(24)14-22)15-5-3-2-4-6-15/h2-6,11-13,19-20,23-24H,7-10,14H2,1H3/t19-,20-/m1/s1. The molecule has 1 saturated heterocycles. The molecule has 0 aliphatic carbocycles. The van der Waals surface area contributed by atoms with Crippen molar-refractivity contribution in [3.63, 3.8) is 0 Å². The van der Waals surface area contributed by atoms with Crippen LogP contribution in [0.3, 0.4) is 0 Å². The number of ether oxygens (including phenoxy) is 2. The number of aliphatic hydroxyl groups excluding tert-OH is 1. The van der Waals surface area contributed by atoms with Crippen LogP contribution in [0.4, 0.5) is 0 Å². The Morgan fingerprint density at radius 3 is 2.67 bits per heavy atom. The normalized spacial score (nSPS) is 19.7. The number of nitrogens with zero attached hydrogens (tertiary/aromatic N) is 1. The van der Waals surface area contributed by atoms with E-state index in [9.17, 15) is 15.0 Å². The number of phenols is 1.